The first kappa shape index (κ1) is 53.9. The first-order chi connectivity index (χ1) is 35.9. The van der Waals surface area contributed by atoms with E-state index in [-0.39, 0.29) is 90.1 Å². The molecule has 0 aliphatic carbocycles. The molecule has 404 valence electrons. The number of amides is 6. The number of hydrogen-bond acceptors (Lipinski definition) is 15. The van der Waals surface area contributed by atoms with E-state index >= 15 is 0 Å². The predicted molar refractivity (Wildman–Crippen MR) is 281 cm³/mol. The van der Waals surface area contributed by atoms with E-state index in [9.17, 15) is 28.8 Å². The summed E-state index contributed by atoms with van der Waals surface area (Å²) in [5.74, 6) is -2.10. The van der Waals surface area contributed by atoms with E-state index in [1.807, 2.05) is 32.6 Å². The molecular weight excluding hydrogens is 981 g/mol. The van der Waals surface area contributed by atoms with Crippen molar-refractivity contribution in [3.63, 3.8) is 0 Å². The lowest BCUT2D eigenvalue weighted by atomic mass is 10.1. The number of fused-ring (bicyclic) bond motifs is 4. The largest absolute Gasteiger partial charge is 0.491 e. The number of benzene rings is 1. The molecule has 2 fully saturated rings. The molecule has 7 heterocycles. The second-order valence-electron chi connectivity index (χ2n) is 20.7. The Morgan fingerprint density at radius 3 is 2.04 bits per heavy atom. The van der Waals surface area contributed by atoms with E-state index in [1.165, 1.54) is 29.1 Å². The fraction of sp³-hybridized carbons (Fsp3) is 0.471. The van der Waals surface area contributed by atoms with Crippen LogP contribution in [0.4, 0.5) is 27.2 Å². The Kier molecular flexibility index (Phi) is 15.2. The summed E-state index contributed by atoms with van der Waals surface area (Å²) in [5.41, 5.74) is 13.2. The van der Waals surface area contributed by atoms with Gasteiger partial charge in [-0.25, -0.2) is 24.5 Å². The Balaban J connectivity index is 1.11. The fourth-order valence-electron chi connectivity index (χ4n) is 9.44. The van der Waals surface area contributed by atoms with Crippen molar-refractivity contribution in [2.45, 2.75) is 132 Å². The molecular formula is C51H66N16O9. The minimum absolute atomic E-state index is 0.0323. The molecule has 2 bridgehead atoms. The quantitative estimate of drug-likeness (QED) is 0.0517. The number of carbonyl (C=O) groups is 6. The van der Waals surface area contributed by atoms with Crippen molar-refractivity contribution in [3.05, 3.63) is 76.5 Å². The number of anilines is 3. The summed E-state index contributed by atoms with van der Waals surface area (Å²) in [7, 11) is 0. The summed E-state index contributed by atoms with van der Waals surface area (Å²) in [6, 6.07) is 6.44. The number of nitrogens with zero attached hydrogens (tertiary/aromatic N) is 11. The molecule has 6 amide bonds. The van der Waals surface area contributed by atoms with Crippen LogP contribution in [0.2, 0.25) is 0 Å². The van der Waals surface area contributed by atoms with Crippen LogP contribution >= 0.6 is 0 Å². The smallest absolute Gasteiger partial charge is 0.412 e. The third-order valence-electron chi connectivity index (χ3n) is 12.7. The molecule has 2 atom stereocenters. The number of hydrogen-bond donors (Lipinski definition) is 5. The van der Waals surface area contributed by atoms with Gasteiger partial charge in [0, 0.05) is 69.7 Å². The van der Waals surface area contributed by atoms with Crippen LogP contribution in [0, 0.1) is 13.8 Å². The number of allylic oxidation sites excluding steroid dienone is 2. The third-order valence-corrected chi connectivity index (χ3v) is 12.7. The summed E-state index contributed by atoms with van der Waals surface area (Å²) >= 11 is 0. The molecule has 2 aliphatic heterocycles. The number of pyridine rings is 1. The summed E-state index contributed by atoms with van der Waals surface area (Å²) in [6.07, 6.45) is 5.28. The second-order valence-corrected chi connectivity index (χ2v) is 20.7. The van der Waals surface area contributed by atoms with Crippen molar-refractivity contribution in [3.8, 4) is 5.75 Å². The summed E-state index contributed by atoms with van der Waals surface area (Å²) in [4.78, 5) is 97.3. The maximum Gasteiger partial charge on any atom is 0.412 e. The maximum absolute atomic E-state index is 14.6. The lowest BCUT2D eigenvalue weighted by Gasteiger charge is -2.35. The average Bonchev–Trinajstić information content (AvgIpc) is 4.21. The molecule has 76 heavy (non-hydrogen) atoms. The molecule has 0 saturated carbocycles. The first-order valence-corrected chi connectivity index (χ1v) is 25.2. The Bertz CT molecular complexity index is 3280. The van der Waals surface area contributed by atoms with Crippen molar-refractivity contribution in [1.29, 1.82) is 0 Å². The molecule has 25 nitrogen and oxygen atoms in total. The van der Waals surface area contributed by atoms with Gasteiger partial charge in [-0.1, -0.05) is 12.2 Å². The van der Waals surface area contributed by atoms with Gasteiger partial charge in [0.1, 0.15) is 33.7 Å². The molecule has 0 spiro atoms. The minimum atomic E-state index is -0.827. The number of ether oxygens (including phenoxy) is 3. The molecule has 0 radical (unpaired) electrons. The Morgan fingerprint density at radius 1 is 0.750 bits per heavy atom. The van der Waals surface area contributed by atoms with Gasteiger partial charge in [0.25, 0.3) is 11.8 Å². The number of piperazine rings is 1. The number of likely N-dealkylation sites (tertiary alicyclic amines) is 2. The number of carbonyl (C=O) groups excluding carboxylic acids is 6. The van der Waals surface area contributed by atoms with Crippen LogP contribution in [0.5, 0.6) is 5.75 Å². The number of aryl methyl sites for hydroxylation is 4. The second kappa shape index (κ2) is 21.5. The zero-order chi connectivity index (χ0) is 55.0. The van der Waals surface area contributed by atoms with Crippen LogP contribution in [-0.4, -0.2) is 139 Å². The Morgan fingerprint density at radius 2 is 1.39 bits per heavy atom. The van der Waals surface area contributed by atoms with Crippen molar-refractivity contribution in [2.75, 3.05) is 42.2 Å². The van der Waals surface area contributed by atoms with Crippen molar-refractivity contribution in [1.82, 2.24) is 53.4 Å². The lowest BCUT2D eigenvalue weighted by Crippen LogP contribution is -2.50. The van der Waals surface area contributed by atoms with Gasteiger partial charge < -0.3 is 35.1 Å². The van der Waals surface area contributed by atoms with Gasteiger partial charge in [-0.2, -0.15) is 10.2 Å². The number of nitrogens with one attached hydrogen (secondary N) is 3. The van der Waals surface area contributed by atoms with E-state index in [2.05, 4.69) is 41.0 Å². The lowest BCUT2D eigenvalue weighted by molar-refractivity contribution is 0.0126. The highest BCUT2D eigenvalue weighted by molar-refractivity contribution is 6.09. The zero-order valence-electron chi connectivity index (χ0n) is 44.5. The Labute approximate surface area is 438 Å². The van der Waals surface area contributed by atoms with Crippen molar-refractivity contribution < 1.29 is 43.0 Å². The highest BCUT2D eigenvalue weighted by Gasteiger charge is 2.46. The molecule has 5 aromatic heterocycles. The molecule has 2 aliphatic rings. The van der Waals surface area contributed by atoms with Crippen LogP contribution in [0.1, 0.15) is 121 Å². The van der Waals surface area contributed by atoms with Crippen molar-refractivity contribution in [2.24, 2.45) is 11.5 Å². The molecule has 0 unspecified atom stereocenters. The number of primary amides is 2. The number of imidazole rings is 2. The van der Waals surface area contributed by atoms with Crippen molar-refractivity contribution >= 4 is 75.6 Å². The standard InChI is InChI=1S/C51H66N16O9/c1-11-66-36(20-28(3)60-66)44(70)58-47-56-35-22-31(42(53)69)25-54-43(35)64(47)18-14-13-17-63-39-34(55-46(63)59-45(71)40-38(29(4)61-67(40)12-2)57-48(72)75-50(5,6)7)21-30(41(52)68)23-37(39)74-19-15-16-62-26-33-24-32(62)27-65(33)49(73)76-51(8,9)10/h13-14,20-23,25,32-33H,11-12,15-19,24,26-27H2,1-10H3,(H2,52,68)(H2,53,69)(H,57,72)(H,55,59,71)(H,56,58,70)/b14-13+/t32-,33-/m0/s1. The van der Waals surface area contributed by atoms with E-state index in [4.69, 9.17) is 30.7 Å². The van der Waals surface area contributed by atoms with E-state index < -0.39 is 40.9 Å². The molecule has 2 saturated heterocycles. The van der Waals surface area contributed by atoms with Gasteiger partial charge in [0.05, 0.1) is 34.8 Å². The number of aromatic nitrogens is 9. The molecule has 8 rings (SSSR count). The fourth-order valence-corrected chi connectivity index (χ4v) is 9.44. The minimum Gasteiger partial charge on any atom is -0.491 e. The van der Waals surface area contributed by atoms with E-state index in [0.717, 1.165) is 6.42 Å². The summed E-state index contributed by atoms with van der Waals surface area (Å²) in [6.45, 7) is 20.9. The highest BCUT2D eigenvalue weighted by atomic mass is 16.6. The monoisotopic (exact) mass is 1050 g/mol. The van der Waals surface area contributed by atoms with Crippen LogP contribution in [0.3, 0.4) is 0 Å². The maximum atomic E-state index is 14.6. The molecule has 25 heteroatoms. The number of nitrogens with two attached hydrogens (primary N) is 2. The summed E-state index contributed by atoms with van der Waals surface area (Å²) in [5, 5.41) is 17.4. The van der Waals surface area contributed by atoms with Crippen LogP contribution in [0.25, 0.3) is 22.2 Å². The predicted octanol–water partition coefficient (Wildman–Crippen LogP) is 5.60. The van der Waals surface area contributed by atoms with E-state index in [1.54, 1.807) is 73.6 Å². The highest BCUT2D eigenvalue weighted by Crippen LogP contribution is 2.34. The summed E-state index contributed by atoms with van der Waals surface area (Å²) < 4.78 is 24.1. The topological polar surface area (TPSA) is 309 Å². The van der Waals surface area contributed by atoms with Crippen LogP contribution in [-0.2, 0) is 35.7 Å². The van der Waals surface area contributed by atoms with Gasteiger partial charge in [0.2, 0.25) is 23.7 Å². The molecule has 7 N–H and O–H groups in total. The molecule has 1 aromatic carbocycles. The van der Waals surface area contributed by atoms with Crippen LogP contribution in [0.15, 0.2) is 42.6 Å². The van der Waals surface area contributed by atoms with Gasteiger partial charge >= 0.3 is 12.2 Å². The first-order valence-electron chi connectivity index (χ1n) is 25.2. The van der Waals surface area contributed by atoms with Gasteiger partial charge in [-0.15, -0.1) is 0 Å². The van der Waals surface area contributed by atoms with E-state index in [0.29, 0.717) is 66.4 Å². The number of rotatable bonds is 18. The van der Waals surface area contributed by atoms with Gasteiger partial charge in [-0.05, 0) is 106 Å². The Hall–Kier alpha value is -8.35. The zero-order valence-corrected chi connectivity index (χ0v) is 44.5. The third kappa shape index (κ3) is 11.8. The average molecular weight is 1050 g/mol. The molecule has 6 aromatic rings. The normalized spacial score (nSPS) is 15.7. The SMILES string of the molecule is CCn1nc(C)cc1C(=O)Nc1nc2cc(C(N)=O)cnc2n1C/C=C/Cn1c(NC(=O)c2c(NC(=O)OC(C)(C)C)c(C)nn2CC)nc2cc(C(N)=O)cc(OCCCN3C[C@@H]4C[C@H]3CN4C(=O)OC(C)(C)C)c21. The van der Waals surface area contributed by atoms with Gasteiger partial charge in [0.15, 0.2) is 11.3 Å². The van der Waals surface area contributed by atoms with Crippen LogP contribution < -0.4 is 32.2 Å². The van der Waals surface area contributed by atoms with Gasteiger partial charge in [-0.3, -0.25) is 54.0 Å².